The van der Waals surface area contributed by atoms with Crippen molar-refractivity contribution in [1.29, 1.82) is 0 Å². The van der Waals surface area contributed by atoms with Gasteiger partial charge in [0.1, 0.15) is 5.69 Å². The van der Waals surface area contributed by atoms with Gasteiger partial charge in [-0.2, -0.15) is 4.98 Å². The Bertz CT molecular complexity index is 757. The summed E-state index contributed by atoms with van der Waals surface area (Å²) in [5, 5.41) is 12.0. The molecule has 0 atom stereocenters. The molecular formula is C15H15N5O. The average Bonchev–Trinajstić information content (AvgIpc) is 3.08. The fourth-order valence-corrected chi connectivity index (χ4v) is 2.93. The van der Waals surface area contributed by atoms with Gasteiger partial charge in [0.15, 0.2) is 5.82 Å². The van der Waals surface area contributed by atoms with Crippen molar-refractivity contribution in [2.75, 3.05) is 0 Å². The van der Waals surface area contributed by atoms with E-state index in [9.17, 15) is 0 Å². The summed E-state index contributed by atoms with van der Waals surface area (Å²) >= 11 is 0. The molecule has 21 heavy (non-hydrogen) atoms. The van der Waals surface area contributed by atoms with Gasteiger partial charge < -0.3 is 4.52 Å². The fraction of sp³-hybridized carbons (Fsp3) is 0.333. The number of aromatic nitrogens is 5. The van der Waals surface area contributed by atoms with Crippen molar-refractivity contribution < 1.29 is 4.52 Å². The molecule has 6 heteroatoms. The summed E-state index contributed by atoms with van der Waals surface area (Å²) in [5.41, 5.74) is 1.89. The molecule has 0 unspecified atom stereocenters. The van der Waals surface area contributed by atoms with Gasteiger partial charge in [-0.15, -0.1) is 5.10 Å². The predicted molar refractivity (Wildman–Crippen MR) is 75.4 cm³/mol. The van der Waals surface area contributed by atoms with E-state index in [0.717, 1.165) is 24.4 Å². The Hall–Kier alpha value is -2.50. The lowest BCUT2D eigenvalue weighted by Crippen LogP contribution is -2.36. The number of aryl methyl sites for hydroxylation is 1. The number of nitrogens with zero attached hydrogens (tertiary/aromatic N) is 5. The average molecular weight is 281 g/mol. The normalized spacial score (nSPS) is 16.6. The summed E-state index contributed by atoms with van der Waals surface area (Å²) < 4.78 is 7.06. The van der Waals surface area contributed by atoms with Crippen molar-refractivity contribution in [2.45, 2.75) is 24.7 Å². The van der Waals surface area contributed by atoms with Crippen LogP contribution in [0, 0.1) is 0 Å². The van der Waals surface area contributed by atoms with Crippen LogP contribution in [0.1, 0.15) is 30.7 Å². The van der Waals surface area contributed by atoms with Gasteiger partial charge in [-0.1, -0.05) is 47.1 Å². The number of hydrogen-bond donors (Lipinski definition) is 0. The molecule has 2 heterocycles. The van der Waals surface area contributed by atoms with Gasteiger partial charge in [0.25, 0.3) is 5.89 Å². The maximum atomic E-state index is 5.43. The number of benzene rings is 1. The predicted octanol–water partition coefficient (Wildman–Crippen LogP) is 2.34. The molecule has 1 aromatic carbocycles. The van der Waals surface area contributed by atoms with E-state index in [1.165, 1.54) is 12.0 Å². The first kappa shape index (κ1) is 12.3. The van der Waals surface area contributed by atoms with E-state index in [0.29, 0.717) is 5.89 Å². The molecular weight excluding hydrogens is 266 g/mol. The molecule has 1 aliphatic carbocycles. The summed E-state index contributed by atoms with van der Waals surface area (Å²) in [6.45, 7) is 0. The van der Waals surface area contributed by atoms with E-state index in [2.05, 4.69) is 44.7 Å². The number of rotatable bonds is 3. The third-order valence-corrected chi connectivity index (χ3v) is 4.32. The van der Waals surface area contributed by atoms with E-state index in [1.54, 1.807) is 10.9 Å². The Kier molecular flexibility index (Phi) is 2.63. The molecule has 0 radical (unpaired) electrons. The lowest BCUT2D eigenvalue weighted by atomic mass is 9.64. The standard InChI is InChI=1S/C15H15N5O/c1-20-12(10-16-19-20)13-17-14(18-21-13)15(8-5-9-15)11-6-3-2-4-7-11/h2-4,6-7,10H,5,8-9H2,1H3. The largest absolute Gasteiger partial charge is 0.332 e. The molecule has 0 aliphatic heterocycles. The molecule has 3 aromatic rings. The zero-order chi connectivity index (χ0) is 14.3. The maximum absolute atomic E-state index is 5.43. The van der Waals surface area contributed by atoms with Gasteiger partial charge in [0.2, 0.25) is 0 Å². The van der Waals surface area contributed by atoms with Gasteiger partial charge in [-0.25, -0.2) is 4.68 Å². The Balaban J connectivity index is 1.76. The van der Waals surface area contributed by atoms with E-state index >= 15 is 0 Å². The smallest absolute Gasteiger partial charge is 0.277 e. The molecule has 0 amide bonds. The summed E-state index contributed by atoms with van der Waals surface area (Å²) in [7, 11) is 1.81. The molecule has 2 aromatic heterocycles. The molecule has 4 rings (SSSR count). The zero-order valence-corrected chi connectivity index (χ0v) is 11.7. The summed E-state index contributed by atoms with van der Waals surface area (Å²) in [6.07, 6.45) is 4.93. The zero-order valence-electron chi connectivity index (χ0n) is 11.7. The van der Waals surface area contributed by atoms with Crippen LogP contribution in [-0.4, -0.2) is 25.1 Å². The van der Waals surface area contributed by atoms with Crippen LogP contribution in [-0.2, 0) is 12.5 Å². The molecule has 106 valence electrons. The molecule has 6 nitrogen and oxygen atoms in total. The SMILES string of the molecule is Cn1nncc1-c1nc(C2(c3ccccc3)CCC2)no1. The van der Waals surface area contributed by atoms with E-state index < -0.39 is 0 Å². The highest BCUT2D eigenvalue weighted by Gasteiger charge is 2.44. The first-order chi connectivity index (χ1) is 10.3. The van der Waals surface area contributed by atoms with Gasteiger partial charge >= 0.3 is 0 Å². The molecule has 1 saturated carbocycles. The van der Waals surface area contributed by atoms with Gasteiger partial charge in [-0.05, 0) is 18.4 Å². The van der Waals surface area contributed by atoms with Crippen molar-refractivity contribution in [3.8, 4) is 11.6 Å². The Morgan fingerprint density at radius 2 is 2.00 bits per heavy atom. The van der Waals surface area contributed by atoms with Gasteiger partial charge in [0, 0.05) is 7.05 Å². The molecule has 0 N–H and O–H groups in total. The summed E-state index contributed by atoms with van der Waals surface area (Å²) in [5.74, 6) is 1.23. The minimum atomic E-state index is -0.102. The minimum Gasteiger partial charge on any atom is -0.332 e. The van der Waals surface area contributed by atoms with Crippen molar-refractivity contribution in [1.82, 2.24) is 25.1 Å². The lowest BCUT2D eigenvalue weighted by Gasteiger charge is -2.39. The first-order valence-electron chi connectivity index (χ1n) is 7.04. The molecule has 1 aliphatic rings. The van der Waals surface area contributed by atoms with Crippen molar-refractivity contribution >= 4 is 0 Å². The minimum absolute atomic E-state index is 0.102. The van der Waals surface area contributed by atoms with Gasteiger partial charge in [-0.3, -0.25) is 0 Å². The second-order valence-corrected chi connectivity index (χ2v) is 5.47. The Morgan fingerprint density at radius 1 is 1.19 bits per heavy atom. The molecule has 0 bridgehead atoms. The highest BCUT2D eigenvalue weighted by molar-refractivity contribution is 5.46. The van der Waals surface area contributed by atoms with Crippen molar-refractivity contribution in [3.05, 3.63) is 47.9 Å². The lowest BCUT2D eigenvalue weighted by molar-refractivity contribution is 0.273. The summed E-state index contributed by atoms with van der Waals surface area (Å²) in [4.78, 5) is 4.61. The van der Waals surface area contributed by atoms with Crippen LogP contribution in [0.25, 0.3) is 11.6 Å². The van der Waals surface area contributed by atoms with Crippen LogP contribution in [0.4, 0.5) is 0 Å². The number of hydrogen-bond acceptors (Lipinski definition) is 5. The van der Waals surface area contributed by atoms with Crippen LogP contribution < -0.4 is 0 Å². The molecule has 0 saturated heterocycles. The monoisotopic (exact) mass is 281 g/mol. The second-order valence-electron chi connectivity index (χ2n) is 5.47. The Morgan fingerprint density at radius 3 is 2.62 bits per heavy atom. The van der Waals surface area contributed by atoms with Crippen LogP contribution in [0.15, 0.2) is 41.1 Å². The van der Waals surface area contributed by atoms with Crippen molar-refractivity contribution in [3.63, 3.8) is 0 Å². The van der Waals surface area contributed by atoms with E-state index in [4.69, 9.17) is 4.52 Å². The fourth-order valence-electron chi connectivity index (χ4n) is 2.93. The van der Waals surface area contributed by atoms with Crippen molar-refractivity contribution in [2.24, 2.45) is 7.05 Å². The van der Waals surface area contributed by atoms with Crippen LogP contribution >= 0.6 is 0 Å². The summed E-state index contributed by atoms with van der Waals surface area (Å²) in [6, 6.07) is 10.4. The second kappa shape index (κ2) is 4.51. The highest BCUT2D eigenvalue weighted by Crippen LogP contribution is 2.47. The van der Waals surface area contributed by atoms with E-state index in [1.807, 2.05) is 13.1 Å². The maximum Gasteiger partial charge on any atom is 0.277 e. The topological polar surface area (TPSA) is 69.6 Å². The third-order valence-electron chi connectivity index (χ3n) is 4.32. The highest BCUT2D eigenvalue weighted by atomic mass is 16.5. The van der Waals surface area contributed by atoms with E-state index in [-0.39, 0.29) is 5.41 Å². The van der Waals surface area contributed by atoms with Crippen LogP contribution in [0.3, 0.4) is 0 Å². The first-order valence-corrected chi connectivity index (χ1v) is 7.04. The molecule has 1 fully saturated rings. The third kappa shape index (κ3) is 1.79. The molecule has 0 spiro atoms. The quantitative estimate of drug-likeness (QED) is 0.737. The van der Waals surface area contributed by atoms with Crippen LogP contribution in [0.5, 0.6) is 0 Å². The van der Waals surface area contributed by atoms with Crippen LogP contribution in [0.2, 0.25) is 0 Å². The van der Waals surface area contributed by atoms with Gasteiger partial charge in [0.05, 0.1) is 11.6 Å². The Labute approximate surface area is 121 Å².